The first kappa shape index (κ1) is 14.7. The van der Waals surface area contributed by atoms with Crippen molar-refractivity contribution in [3.8, 4) is 0 Å². The third kappa shape index (κ3) is 4.91. The van der Waals surface area contributed by atoms with E-state index in [2.05, 4.69) is 32.0 Å². The Morgan fingerprint density at radius 2 is 1.78 bits per heavy atom. The maximum Gasteiger partial charge on any atom is 0.303 e. The summed E-state index contributed by atoms with van der Waals surface area (Å²) >= 11 is 0. The van der Waals surface area contributed by atoms with E-state index in [1.807, 2.05) is 0 Å². The summed E-state index contributed by atoms with van der Waals surface area (Å²) in [5.74, 6) is -0.685. The van der Waals surface area contributed by atoms with Crippen LogP contribution < -0.4 is 0 Å². The lowest BCUT2D eigenvalue weighted by Gasteiger charge is -2.09. The smallest absolute Gasteiger partial charge is 0.303 e. The van der Waals surface area contributed by atoms with E-state index in [1.54, 1.807) is 0 Å². The lowest BCUT2D eigenvalue weighted by Crippen LogP contribution is -1.96. The largest absolute Gasteiger partial charge is 0.481 e. The molecule has 18 heavy (non-hydrogen) atoms. The Balaban J connectivity index is 2.40. The van der Waals surface area contributed by atoms with Gasteiger partial charge in [-0.2, -0.15) is 0 Å². The maximum absolute atomic E-state index is 10.4. The van der Waals surface area contributed by atoms with Crippen LogP contribution in [0, 0.1) is 0 Å². The minimum atomic E-state index is -0.685. The number of hydrogen-bond donors (Lipinski definition) is 1. The lowest BCUT2D eigenvalue weighted by molar-refractivity contribution is -0.137. The van der Waals surface area contributed by atoms with E-state index in [1.165, 1.54) is 16.7 Å². The molecule has 0 aromatic heterocycles. The van der Waals surface area contributed by atoms with Gasteiger partial charge in [0.2, 0.25) is 0 Å². The Morgan fingerprint density at radius 1 is 1.06 bits per heavy atom. The summed E-state index contributed by atoms with van der Waals surface area (Å²) < 4.78 is 0. The highest BCUT2D eigenvalue weighted by Gasteiger charge is 2.02. The molecule has 0 spiro atoms. The molecule has 1 aromatic carbocycles. The average molecular weight is 248 g/mol. The van der Waals surface area contributed by atoms with Crippen molar-refractivity contribution < 1.29 is 9.90 Å². The van der Waals surface area contributed by atoms with Crippen LogP contribution in [0.2, 0.25) is 0 Å². The normalized spacial score (nSPS) is 10.6. The molecule has 0 aliphatic carbocycles. The number of aliphatic carboxylic acids is 1. The number of rotatable bonds is 8. The molecule has 0 saturated heterocycles. The molecule has 1 N–H and O–H groups in total. The van der Waals surface area contributed by atoms with Crippen LogP contribution in [0.4, 0.5) is 0 Å². The fourth-order valence-corrected chi connectivity index (χ4v) is 2.29. The zero-order chi connectivity index (χ0) is 13.4. The molecule has 1 rings (SSSR count). The summed E-state index contributed by atoms with van der Waals surface area (Å²) in [7, 11) is 0. The zero-order valence-corrected chi connectivity index (χ0v) is 11.5. The summed E-state index contributed by atoms with van der Waals surface area (Å²) in [6.07, 6.45) is 6.44. The first-order valence-corrected chi connectivity index (χ1v) is 6.99. The van der Waals surface area contributed by atoms with E-state index in [0.29, 0.717) is 6.42 Å². The summed E-state index contributed by atoms with van der Waals surface area (Å²) in [4.78, 5) is 10.4. The summed E-state index contributed by atoms with van der Waals surface area (Å²) in [5, 5.41) is 8.56. The van der Waals surface area contributed by atoms with Crippen molar-refractivity contribution in [3.05, 3.63) is 34.9 Å². The van der Waals surface area contributed by atoms with Crippen LogP contribution in [0.1, 0.15) is 56.2 Å². The number of benzene rings is 1. The van der Waals surface area contributed by atoms with Crippen LogP contribution in [-0.2, 0) is 24.1 Å². The van der Waals surface area contributed by atoms with Crippen LogP contribution in [0.3, 0.4) is 0 Å². The first-order valence-electron chi connectivity index (χ1n) is 6.99. The van der Waals surface area contributed by atoms with Gasteiger partial charge in [0, 0.05) is 6.42 Å². The van der Waals surface area contributed by atoms with Crippen molar-refractivity contribution in [1.29, 1.82) is 0 Å². The van der Waals surface area contributed by atoms with Gasteiger partial charge in [-0.15, -0.1) is 0 Å². The average Bonchev–Trinajstić information content (AvgIpc) is 2.37. The molecule has 0 saturated carbocycles. The van der Waals surface area contributed by atoms with Crippen molar-refractivity contribution in [1.82, 2.24) is 0 Å². The molecular weight excluding hydrogens is 224 g/mol. The van der Waals surface area contributed by atoms with E-state index in [9.17, 15) is 4.79 Å². The van der Waals surface area contributed by atoms with Gasteiger partial charge in [-0.05, 0) is 48.8 Å². The number of carbonyl (C=O) groups is 1. The third-order valence-electron chi connectivity index (χ3n) is 3.39. The van der Waals surface area contributed by atoms with E-state index in [-0.39, 0.29) is 0 Å². The Hall–Kier alpha value is -1.31. The SMILES string of the molecule is CCc1ccc(CCCCCC(=O)O)cc1CC. The van der Waals surface area contributed by atoms with Crippen LogP contribution in [0.5, 0.6) is 0 Å². The molecule has 0 aliphatic heterocycles. The highest BCUT2D eigenvalue weighted by molar-refractivity contribution is 5.66. The number of carboxylic acid groups (broad SMARTS) is 1. The Morgan fingerprint density at radius 3 is 2.39 bits per heavy atom. The second-order valence-corrected chi connectivity index (χ2v) is 4.76. The number of aryl methyl sites for hydroxylation is 3. The van der Waals surface area contributed by atoms with E-state index in [4.69, 9.17) is 5.11 Å². The van der Waals surface area contributed by atoms with Gasteiger partial charge < -0.3 is 5.11 Å². The van der Waals surface area contributed by atoms with Gasteiger partial charge in [0.05, 0.1) is 0 Å². The second-order valence-electron chi connectivity index (χ2n) is 4.76. The Kier molecular flexibility index (Phi) is 6.48. The van der Waals surface area contributed by atoms with Crippen LogP contribution in [0.15, 0.2) is 18.2 Å². The predicted molar refractivity (Wildman–Crippen MR) is 75.0 cm³/mol. The molecule has 1 aromatic rings. The number of carboxylic acids is 1. The molecule has 0 unspecified atom stereocenters. The Labute approximate surface area is 110 Å². The van der Waals surface area contributed by atoms with Gasteiger partial charge in [-0.1, -0.05) is 38.5 Å². The van der Waals surface area contributed by atoms with E-state index < -0.39 is 5.97 Å². The molecule has 2 nitrogen and oxygen atoms in total. The molecule has 0 aliphatic rings. The highest BCUT2D eigenvalue weighted by atomic mass is 16.4. The van der Waals surface area contributed by atoms with Gasteiger partial charge in [0.25, 0.3) is 0 Å². The first-order chi connectivity index (χ1) is 8.67. The summed E-state index contributed by atoms with van der Waals surface area (Å²) in [5.41, 5.74) is 4.30. The monoisotopic (exact) mass is 248 g/mol. The highest BCUT2D eigenvalue weighted by Crippen LogP contribution is 2.16. The minimum Gasteiger partial charge on any atom is -0.481 e. The molecule has 0 atom stereocenters. The molecule has 0 bridgehead atoms. The van der Waals surface area contributed by atoms with E-state index in [0.717, 1.165) is 38.5 Å². The topological polar surface area (TPSA) is 37.3 Å². The fraction of sp³-hybridized carbons (Fsp3) is 0.562. The quantitative estimate of drug-likeness (QED) is 0.706. The van der Waals surface area contributed by atoms with Crippen molar-refractivity contribution in [3.63, 3.8) is 0 Å². The van der Waals surface area contributed by atoms with Crippen LogP contribution in [-0.4, -0.2) is 11.1 Å². The number of hydrogen-bond acceptors (Lipinski definition) is 1. The summed E-state index contributed by atoms with van der Waals surface area (Å²) in [6.45, 7) is 4.39. The molecule has 100 valence electrons. The minimum absolute atomic E-state index is 0.301. The molecule has 0 radical (unpaired) electrons. The Bertz CT molecular complexity index is 383. The molecular formula is C16H24O2. The second kappa shape index (κ2) is 7.91. The van der Waals surface area contributed by atoms with E-state index >= 15 is 0 Å². The van der Waals surface area contributed by atoms with Gasteiger partial charge >= 0.3 is 5.97 Å². The van der Waals surface area contributed by atoms with Crippen molar-refractivity contribution in [2.24, 2.45) is 0 Å². The van der Waals surface area contributed by atoms with Crippen LogP contribution >= 0.6 is 0 Å². The molecule has 0 amide bonds. The third-order valence-corrected chi connectivity index (χ3v) is 3.39. The maximum atomic E-state index is 10.4. The van der Waals surface area contributed by atoms with Gasteiger partial charge in [-0.25, -0.2) is 0 Å². The van der Waals surface area contributed by atoms with Crippen molar-refractivity contribution in [2.45, 2.75) is 58.8 Å². The standard InChI is InChI=1S/C16H24O2/c1-3-14-11-10-13(12-15(14)4-2)8-6-5-7-9-16(17)18/h10-12H,3-9H2,1-2H3,(H,17,18). The molecule has 0 heterocycles. The number of unbranched alkanes of at least 4 members (excludes halogenated alkanes) is 2. The lowest BCUT2D eigenvalue weighted by atomic mass is 9.97. The van der Waals surface area contributed by atoms with Crippen LogP contribution in [0.25, 0.3) is 0 Å². The fourth-order valence-electron chi connectivity index (χ4n) is 2.29. The van der Waals surface area contributed by atoms with Crippen molar-refractivity contribution in [2.75, 3.05) is 0 Å². The van der Waals surface area contributed by atoms with Gasteiger partial charge in [0.1, 0.15) is 0 Å². The molecule has 2 heteroatoms. The summed E-state index contributed by atoms with van der Waals surface area (Å²) in [6, 6.07) is 6.77. The predicted octanol–water partition coefficient (Wildman–Crippen LogP) is 4.00. The van der Waals surface area contributed by atoms with Gasteiger partial charge in [0.15, 0.2) is 0 Å². The zero-order valence-electron chi connectivity index (χ0n) is 11.5. The van der Waals surface area contributed by atoms with Gasteiger partial charge in [-0.3, -0.25) is 4.79 Å². The van der Waals surface area contributed by atoms with Crippen molar-refractivity contribution >= 4 is 5.97 Å². The molecule has 0 fully saturated rings.